The highest BCUT2D eigenvalue weighted by Crippen LogP contribution is 2.29. The second kappa shape index (κ2) is 19.3. The third kappa shape index (κ3) is 11.4. The van der Waals surface area contributed by atoms with E-state index in [2.05, 4.69) is 30.2 Å². The summed E-state index contributed by atoms with van der Waals surface area (Å²) in [7, 11) is 0. The molecule has 60 heavy (non-hydrogen) atoms. The molecule has 0 unspecified atom stereocenters. The first-order valence-electron chi connectivity index (χ1n) is 21.3. The van der Waals surface area contributed by atoms with E-state index in [0.29, 0.717) is 28.4 Å². The number of piperidine rings is 3. The largest absolute Gasteiger partial charge is 0.444 e. The first-order chi connectivity index (χ1) is 28.9. The lowest BCUT2D eigenvalue weighted by Crippen LogP contribution is -2.45. The maximum absolute atomic E-state index is 13.5. The minimum atomic E-state index is -1.34. The molecule has 7 rings (SSSR count). The number of halogens is 1. The van der Waals surface area contributed by atoms with Gasteiger partial charge in [0.2, 0.25) is 6.10 Å². The van der Waals surface area contributed by atoms with Crippen molar-refractivity contribution in [2.75, 3.05) is 63.4 Å². The van der Waals surface area contributed by atoms with Crippen LogP contribution in [-0.4, -0.2) is 110 Å². The van der Waals surface area contributed by atoms with Crippen LogP contribution in [0, 0.1) is 17.7 Å². The molecule has 3 aliphatic rings. The van der Waals surface area contributed by atoms with E-state index in [0.717, 1.165) is 84.0 Å². The summed E-state index contributed by atoms with van der Waals surface area (Å²) >= 11 is 0. The molecular formula is C45H58FN9O5. The smallest absolute Gasteiger partial charge is 0.410 e. The molecule has 320 valence electrons. The summed E-state index contributed by atoms with van der Waals surface area (Å²) in [5.41, 5.74) is 7.31. The van der Waals surface area contributed by atoms with E-state index in [9.17, 15) is 18.8 Å². The molecule has 3 aliphatic heterocycles. The van der Waals surface area contributed by atoms with Crippen LogP contribution in [0.2, 0.25) is 0 Å². The fourth-order valence-electron chi connectivity index (χ4n) is 8.38. The Morgan fingerprint density at radius 3 is 2.22 bits per heavy atom. The number of aromatic nitrogens is 4. The standard InChI is InChI=1S/C45H58FN9O5/c1-45(2,3)60-44(58)54-25-16-32(17-26-54)29-53-21-14-31(15-22-53)13-20-52-23-18-37(19-24-52)55-30-34(27-49-55)38-28-48-41(47)39(51-38)43(57)59-40(33-7-5-4-6-8-33)42(56)50-36-11-9-35(46)10-12-36/h4-12,27-28,30-32,37,40H,13-26,29H2,1-3H3,(H2,47,48)(H,50,56)/t40-/m1/s1. The van der Waals surface area contributed by atoms with Gasteiger partial charge in [0.1, 0.15) is 11.4 Å². The van der Waals surface area contributed by atoms with E-state index < -0.39 is 29.4 Å². The lowest BCUT2D eigenvalue weighted by Gasteiger charge is -2.38. The molecule has 0 aliphatic carbocycles. The monoisotopic (exact) mass is 823 g/mol. The molecule has 0 bridgehead atoms. The number of hydrogen-bond acceptors (Lipinski definition) is 11. The minimum Gasteiger partial charge on any atom is -0.444 e. The molecule has 15 heteroatoms. The molecule has 14 nitrogen and oxygen atoms in total. The predicted molar refractivity (Wildman–Crippen MR) is 226 cm³/mol. The number of likely N-dealkylation sites (tertiary alicyclic amines) is 3. The van der Waals surface area contributed by atoms with Gasteiger partial charge >= 0.3 is 12.1 Å². The van der Waals surface area contributed by atoms with E-state index in [1.54, 1.807) is 36.5 Å². The zero-order chi connectivity index (χ0) is 42.2. The van der Waals surface area contributed by atoms with Crippen LogP contribution in [0.3, 0.4) is 0 Å². The van der Waals surface area contributed by atoms with E-state index in [-0.39, 0.29) is 23.6 Å². The molecule has 1 atom stereocenters. The van der Waals surface area contributed by atoms with Gasteiger partial charge in [-0.25, -0.2) is 23.9 Å². The van der Waals surface area contributed by atoms with Crippen molar-refractivity contribution in [2.24, 2.45) is 11.8 Å². The Morgan fingerprint density at radius 1 is 0.867 bits per heavy atom. The van der Waals surface area contributed by atoms with Gasteiger partial charge in [0.25, 0.3) is 5.91 Å². The van der Waals surface area contributed by atoms with Crippen molar-refractivity contribution in [3.63, 3.8) is 0 Å². The van der Waals surface area contributed by atoms with Crippen LogP contribution < -0.4 is 11.1 Å². The number of nitrogens with two attached hydrogens (primary N) is 1. The van der Waals surface area contributed by atoms with Crippen LogP contribution >= 0.6 is 0 Å². The van der Waals surface area contributed by atoms with Crippen LogP contribution in [0.15, 0.2) is 73.2 Å². The highest BCUT2D eigenvalue weighted by molar-refractivity contribution is 5.99. The summed E-state index contributed by atoms with van der Waals surface area (Å²) in [5.74, 6) is -0.712. The van der Waals surface area contributed by atoms with E-state index in [1.807, 2.05) is 36.5 Å². The van der Waals surface area contributed by atoms with Crippen LogP contribution in [0.5, 0.6) is 0 Å². The van der Waals surface area contributed by atoms with Crippen molar-refractivity contribution >= 4 is 29.5 Å². The fourth-order valence-corrected chi connectivity index (χ4v) is 8.38. The van der Waals surface area contributed by atoms with Gasteiger partial charge < -0.3 is 35.2 Å². The van der Waals surface area contributed by atoms with Gasteiger partial charge in [-0.3, -0.25) is 9.48 Å². The fraction of sp³-hybridized carbons (Fsp3) is 0.511. The Labute approximate surface area is 351 Å². The van der Waals surface area contributed by atoms with E-state index in [1.165, 1.54) is 49.7 Å². The van der Waals surface area contributed by atoms with Crippen molar-refractivity contribution < 1.29 is 28.2 Å². The molecule has 4 aromatic rings. The van der Waals surface area contributed by atoms with Crippen molar-refractivity contribution in [2.45, 2.75) is 83.5 Å². The molecule has 0 saturated carbocycles. The summed E-state index contributed by atoms with van der Waals surface area (Å²) in [6, 6.07) is 14.1. The second-order valence-electron chi connectivity index (χ2n) is 17.4. The average molecular weight is 824 g/mol. The Balaban J connectivity index is 0.857. The number of carbonyl (C=O) groups is 3. The maximum atomic E-state index is 13.5. The molecular weight excluding hydrogens is 766 g/mol. The van der Waals surface area contributed by atoms with Gasteiger partial charge in [0.05, 0.1) is 24.1 Å². The molecule has 3 saturated heterocycles. The topological polar surface area (TPSA) is 161 Å². The highest BCUT2D eigenvalue weighted by Gasteiger charge is 2.31. The first kappa shape index (κ1) is 42.7. The number of anilines is 2. The van der Waals surface area contributed by atoms with Crippen molar-refractivity contribution in [3.05, 3.63) is 90.3 Å². The van der Waals surface area contributed by atoms with Crippen molar-refractivity contribution in [3.8, 4) is 11.3 Å². The maximum Gasteiger partial charge on any atom is 0.410 e. The third-order valence-electron chi connectivity index (χ3n) is 11.8. The molecule has 3 N–H and O–H groups in total. The van der Waals surface area contributed by atoms with E-state index >= 15 is 0 Å². The van der Waals surface area contributed by atoms with Crippen LogP contribution in [0.4, 0.5) is 20.7 Å². The number of nitrogen functional groups attached to an aromatic ring is 1. The van der Waals surface area contributed by atoms with Crippen LogP contribution in [0.25, 0.3) is 11.3 Å². The number of benzene rings is 2. The molecule has 5 heterocycles. The Hall–Kier alpha value is -5.41. The lowest BCUT2D eigenvalue weighted by atomic mass is 9.91. The van der Waals surface area contributed by atoms with Gasteiger partial charge in [0, 0.05) is 55.7 Å². The number of nitrogens with zero attached hydrogens (tertiary/aromatic N) is 7. The third-order valence-corrected chi connectivity index (χ3v) is 11.8. The highest BCUT2D eigenvalue weighted by atomic mass is 19.1. The summed E-state index contributed by atoms with van der Waals surface area (Å²) in [6.45, 7) is 13.9. The summed E-state index contributed by atoms with van der Waals surface area (Å²) in [4.78, 5) is 55.2. The number of carbonyl (C=O) groups excluding carboxylic acids is 3. The van der Waals surface area contributed by atoms with Gasteiger partial charge in [-0.2, -0.15) is 5.10 Å². The van der Waals surface area contributed by atoms with Crippen LogP contribution in [0.1, 0.15) is 93.9 Å². The Bertz CT molecular complexity index is 2050. The quantitative estimate of drug-likeness (QED) is 0.142. The van der Waals surface area contributed by atoms with Crippen molar-refractivity contribution in [1.29, 1.82) is 0 Å². The van der Waals surface area contributed by atoms with Gasteiger partial charge in [-0.1, -0.05) is 30.3 Å². The zero-order valence-electron chi connectivity index (χ0n) is 35.0. The van der Waals surface area contributed by atoms with Crippen molar-refractivity contribution in [1.82, 2.24) is 34.4 Å². The normalized spacial score (nSPS) is 18.2. The Morgan fingerprint density at radius 2 is 1.53 bits per heavy atom. The zero-order valence-corrected chi connectivity index (χ0v) is 35.0. The molecule has 2 amide bonds. The number of rotatable bonds is 12. The second-order valence-corrected chi connectivity index (χ2v) is 17.4. The summed E-state index contributed by atoms with van der Waals surface area (Å²) < 4.78 is 26.7. The molecule has 2 aromatic heterocycles. The van der Waals surface area contributed by atoms with Gasteiger partial charge in [-0.15, -0.1) is 0 Å². The first-order valence-corrected chi connectivity index (χ1v) is 21.3. The summed E-state index contributed by atoms with van der Waals surface area (Å²) in [6.07, 6.45) is 11.4. The van der Waals surface area contributed by atoms with Gasteiger partial charge in [-0.05, 0) is 121 Å². The number of esters is 1. The summed E-state index contributed by atoms with van der Waals surface area (Å²) in [5, 5.41) is 7.34. The van der Waals surface area contributed by atoms with Crippen LogP contribution in [-0.2, 0) is 14.3 Å². The molecule has 0 radical (unpaired) electrons. The minimum absolute atomic E-state index is 0.131. The number of ether oxygens (including phenoxy) is 2. The molecule has 2 aromatic carbocycles. The number of amides is 2. The Kier molecular flexibility index (Phi) is 13.8. The molecule has 0 spiro atoms. The average Bonchev–Trinajstić information content (AvgIpc) is 3.74. The van der Waals surface area contributed by atoms with E-state index in [4.69, 9.17) is 15.2 Å². The molecule has 3 fully saturated rings. The predicted octanol–water partition coefficient (Wildman–Crippen LogP) is 6.98. The number of nitrogens with one attached hydrogen (secondary N) is 1. The SMILES string of the molecule is CC(C)(C)OC(=O)N1CCC(CN2CCC(CCN3CCC(n4cc(-c5cnc(N)c(C(=O)O[C@@H](C(=O)Nc6ccc(F)cc6)c6ccccc6)n5)cn4)CC3)CC2)CC1. The van der Waals surface area contributed by atoms with Gasteiger partial charge in [0.15, 0.2) is 11.5 Å². The lowest BCUT2D eigenvalue weighted by molar-refractivity contribution is -0.125. The number of hydrogen-bond donors (Lipinski definition) is 2.